The van der Waals surface area contributed by atoms with Crippen molar-refractivity contribution in [3.63, 3.8) is 0 Å². The Balaban J connectivity index is 2.40. The van der Waals surface area contributed by atoms with Crippen LogP contribution in [0.5, 0.6) is 0 Å². The van der Waals surface area contributed by atoms with Crippen LogP contribution in [0, 0.1) is 5.92 Å². The van der Waals surface area contributed by atoms with E-state index >= 15 is 0 Å². The lowest BCUT2D eigenvalue weighted by Gasteiger charge is -2.24. The molecule has 1 aliphatic heterocycles. The van der Waals surface area contributed by atoms with Crippen LogP contribution < -0.4 is 11.1 Å². The number of esters is 1. The van der Waals surface area contributed by atoms with Gasteiger partial charge in [0, 0.05) is 13.1 Å². The summed E-state index contributed by atoms with van der Waals surface area (Å²) in [5.41, 5.74) is 4.93. The lowest BCUT2D eigenvalue weighted by molar-refractivity contribution is -0.159. The van der Waals surface area contributed by atoms with Crippen LogP contribution in [0.1, 0.15) is 20.3 Å². The maximum atomic E-state index is 11.5. The molecule has 76 valence electrons. The second kappa shape index (κ2) is 4.07. The lowest BCUT2D eigenvalue weighted by atomic mass is 10.1. The molecule has 0 spiro atoms. The van der Waals surface area contributed by atoms with E-state index in [9.17, 15) is 4.79 Å². The van der Waals surface area contributed by atoms with Gasteiger partial charge in [-0.3, -0.25) is 4.79 Å². The summed E-state index contributed by atoms with van der Waals surface area (Å²) >= 11 is 0. The van der Waals surface area contributed by atoms with Crippen LogP contribution in [0.15, 0.2) is 0 Å². The number of hydrogen-bond donors (Lipinski definition) is 2. The smallest absolute Gasteiger partial charge is 0.310 e. The Bertz CT molecular complexity index is 186. The molecule has 4 heteroatoms. The molecule has 0 aliphatic carbocycles. The average molecular weight is 186 g/mol. The van der Waals surface area contributed by atoms with E-state index in [-0.39, 0.29) is 11.9 Å². The van der Waals surface area contributed by atoms with E-state index in [1.54, 1.807) is 0 Å². The third kappa shape index (κ3) is 2.97. The van der Waals surface area contributed by atoms with Crippen molar-refractivity contribution in [2.75, 3.05) is 19.6 Å². The van der Waals surface area contributed by atoms with Gasteiger partial charge >= 0.3 is 5.97 Å². The number of carbonyl (C=O) groups excluding carboxylic acids is 1. The summed E-state index contributed by atoms with van der Waals surface area (Å²) in [5, 5.41) is 3.12. The number of ether oxygens (including phenoxy) is 1. The first-order valence-electron chi connectivity index (χ1n) is 4.69. The molecule has 1 heterocycles. The molecule has 0 aromatic carbocycles. The van der Waals surface area contributed by atoms with Crippen molar-refractivity contribution in [2.45, 2.75) is 25.9 Å². The van der Waals surface area contributed by atoms with Gasteiger partial charge < -0.3 is 15.8 Å². The van der Waals surface area contributed by atoms with Gasteiger partial charge in [0.25, 0.3) is 0 Å². The minimum atomic E-state index is -0.528. The van der Waals surface area contributed by atoms with Crippen LogP contribution >= 0.6 is 0 Å². The van der Waals surface area contributed by atoms with Crippen LogP contribution in [-0.2, 0) is 9.53 Å². The van der Waals surface area contributed by atoms with Crippen LogP contribution in [-0.4, -0.2) is 31.2 Å². The van der Waals surface area contributed by atoms with Gasteiger partial charge in [-0.15, -0.1) is 0 Å². The molecule has 1 fully saturated rings. The van der Waals surface area contributed by atoms with E-state index in [1.165, 1.54) is 0 Å². The monoisotopic (exact) mass is 186 g/mol. The van der Waals surface area contributed by atoms with Crippen LogP contribution in [0.4, 0.5) is 0 Å². The van der Waals surface area contributed by atoms with Crippen molar-refractivity contribution in [1.29, 1.82) is 0 Å². The topological polar surface area (TPSA) is 64.3 Å². The second-order valence-electron chi connectivity index (χ2n) is 4.07. The van der Waals surface area contributed by atoms with Gasteiger partial charge in [0.15, 0.2) is 0 Å². The van der Waals surface area contributed by atoms with E-state index in [4.69, 9.17) is 10.5 Å². The van der Waals surface area contributed by atoms with Crippen molar-refractivity contribution in [2.24, 2.45) is 11.7 Å². The maximum Gasteiger partial charge on any atom is 0.310 e. The number of rotatable bonds is 3. The highest BCUT2D eigenvalue weighted by Crippen LogP contribution is 2.15. The minimum absolute atomic E-state index is 0.0193. The van der Waals surface area contributed by atoms with E-state index in [0.717, 1.165) is 19.5 Å². The van der Waals surface area contributed by atoms with E-state index in [1.807, 2.05) is 13.8 Å². The lowest BCUT2D eigenvalue weighted by Crippen LogP contribution is -2.38. The molecule has 0 bridgehead atoms. The highest BCUT2D eigenvalue weighted by atomic mass is 16.6. The summed E-state index contributed by atoms with van der Waals surface area (Å²) in [6.45, 7) is 5.65. The molecule has 1 saturated heterocycles. The van der Waals surface area contributed by atoms with Gasteiger partial charge in [-0.1, -0.05) is 0 Å². The Kier molecular flexibility index (Phi) is 3.27. The van der Waals surface area contributed by atoms with Gasteiger partial charge in [-0.05, 0) is 26.8 Å². The second-order valence-corrected chi connectivity index (χ2v) is 4.07. The van der Waals surface area contributed by atoms with Gasteiger partial charge in [-0.25, -0.2) is 0 Å². The zero-order chi connectivity index (χ0) is 9.90. The molecular weight excluding hydrogens is 168 g/mol. The third-order valence-corrected chi connectivity index (χ3v) is 2.26. The average Bonchev–Trinajstić information content (AvgIpc) is 2.55. The molecule has 1 atom stereocenters. The van der Waals surface area contributed by atoms with Gasteiger partial charge in [0.05, 0.1) is 5.92 Å². The third-order valence-electron chi connectivity index (χ3n) is 2.26. The van der Waals surface area contributed by atoms with Crippen molar-refractivity contribution in [3.8, 4) is 0 Å². The summed E-state index contributed by atoms with van der Waals surface area (Å²) in [7, 11) is 0. The van der Waals surface area contributed by atoms with Crippen LogP contribution in [0.2, 0.25) is 0 Å². The van der Waals surface area contributed by atoms with Gasteiger partial charge in [0.1, 0.15) is 5.60 Å². The fourth-order valence-corrected chi connectivity index (χ4v) is 1.25. The van der Waals surface area contributed by atoms with Crippen LogP contribution in [0.3, 0.4) is 0 Å². The quantitative estimate of drug-likeness (QED) is 0.603. The van der Waals surface area contributed by atoms with Crippen molar-refractivity contribution < 1.29 is 9.53 Å². The fraction of sp³-hybridized carbons (Fsp3) is 0.889. The largest absolute Gasteiger partial charge is 0.458 e. The summed E-state index contributed by atoms with van der Waals surface area (Å²) in [6.07, 6.45) is 0.874. The van der Waals surface area contributed by atoms with Crippen molar-refractivity contribution in [1.82, 2.24) is 5.32 Å². The Hall–Kier alpha value is -0.610. The van der Waals surface area contributed by atoms with E-state index < -0.39 is 5.60 Å². The molecular formula is C9H18N2O2. The number of hydrogen-bond acceptors (Lipinski definition) is 4. The predicted octanol–water partition coefficient (Wildman–Crippen LogP) is -0.124. The van der Waals surface area contributed by atoms with Crippen molar-refractivity contribution >= 4 is 5.97 Å². The molecule has 0 saturated carbocycles. The Morgan fingerprint density at radius 1 is 1.69 bits per heavy atom. The molecule has 0 radical (unpaired) electrons. The zero-order valence-corrected chi connectivity index (χ0v) is 8.30. The van der Waals surface area contributed by atoms with E-state index in [0.29, 0.717) is 6.54 Å². The number of nitrogens with two attached hydrogens (primary N) is 1. The minimum Gasteiger partial charge on any atom is -0.458 e. The number of carbonyl (C=O) groups is 1. The molecule has 0 aromatic rings. The SMILES string of the molecule is CC(C)(CN)OC(=O)[C@@H]1CCNC1. The molecule has 0 unspecified atom stereocenters. The summed E-state index contributed by atoms with van der Waals surface area (Å²) in [6, 6.07) is 0. The Morgan fingerprint density at radius 3 is 2.85 bits per heavy atom. The first-order valence-corrected chi connectivity index (χ1v) is 4.69. The normalized spacial score (nSPS) is 23.2. The molecule has 3 N–H and O–H groups in total. The predicted molar refractivity (Wildman–Crippen MR) is 50.2 cm³/mol. The van der Waals surface area contributed by atoms with E-state index in [2.05, 4.69) is 5.32 Å². The molecule has 1 aliphatic rings. The fourth-order valence-electron chi connectivity index (χ4n) is 1.25. The molecule has 0 amide bonds. The molecule has 4 nitrogen and oxygen atoms in total. The molecule has 13 heavy (non-hydrogen) atoms. The summed E-state index contributed by atoms with van der Waals surface area (Å²) in [4.78, 5) is 11.5. The Labute approximate surface area is 78.8 Å². The molecule has 1 rings (SSSR count). The summed E-state index contributed by atoms with van der Waals surface area (Å²) < 4.78 is 5.27. The zero-order valence-electron chi connectivity index (χ0n) is 8.30. The standard InChI is InChI=1S/C9H18N2O2/c1-9(2,6-10)13-8(12)7-3-4-11-5-7/h7,11H,3-6,10H2,1-2H3/t7-/m1/s1. The first-order chi connectivity index (χ1) is 6.05. The number of nitrogens with one attached hydrogen (secondary N) is 1. The van der Waals surface area contributed by atoms with Gasteiger partial charge in [-0.2, -0.15) is 0 Å². The first kappa shape index (κ1) is 10.5. The Morgan fingerprint density at radius 2 is 2.38 bits per heavy atom. The maximum absolute atomic E-state index is 11.5. The summed E-state index contributed by atoms with van der Waals surface area (Å²) in [5.74, 6) is -0.105. The van der Waals surface area contributed by atoms with Crippen molar-refractivity contribution in [3.05, 3.63) is 0 Å². The highest BCUT2D eigenvalue weighted by molar-refractivity contribution is 5.73. The highest BCUT2D eigenvalue weighted by Gasteiger charge is 2.28. The molecule has 0 aromatic heterocycles. The van der Waals surface area contributed by atoms with Crippen LogP contribution in [0.25, 0.3) is 0 Å². The van der Waals surface area contributed by atoms with Gasteiger partial charge in [0.2, 0.25) is 0 Å².